The van der Waals surface area contributed by atoms with Crippen LogP contribution in [0.4, 0.5) is 23.7 Å². The van der Waals surface area contributed by atoms with Gasteiger partial charge in [-0.15, -0.1) is 0 Å². The molecule has 0 bridgehead atoms. The van der Waals surface area contributed by atoms with E-state index in [1.165, 1.54) is 12.1 Å². The summed E-state index contributed by atoms with van der Waals surface area (Å²) in [5.74, 6) is 0. The zero-order valence-electron chi connectivity index (χ0n) is 11.6. The van der Waals surface area contributed by atoms with Gasteiger partial charge in [-0.25, -0.2) is 9.00 Å². The highest BCUT2D eigenvalue weighted by Gasteiger charge is 2.37. The van der Waals surface area contributed by atoms with Gasteiger partial charge in [0.05, 0.1) is 12.5 Å². The summed E-state index contributed by atoms with van der Waals surface area (Å²) in [5, 5.41) is 13.6. The van der Waals surface area contributed by atoms with Crippen LogP contribution in [0.3, 0.4) is 0 Å². The van der Waals surface area contributed by atoms with E-state index in [1.807, 2.05) is 13.0 Å². The summed E-state index contributed by atoms with van der Waals surface area (Å²) < 4.78 is 48.0. The predicted molar refractivity (Wildman–Crippen MR) is 75.4 cm³/mol. The van der Waals surface area contributed by atoms with E-state index in [1.54, 1.807) is 0 Å². The van der Waals surface area contributed by atoms with Gasteiger partial charge in [-0.1, -0.05) is 6.92 Å². The highest BCUT2D eigenvalue weighted by Crippen LogP contribution is 2.26. The molecule has 0 heterocycles. The Morgan fingerprint density at radius 2 is 1.95 bits per heavy atom. The van der Waals surface area contributed by atoms with Crippen molar-refractivity contribution in [3.05, 3.63) is 24.3 Å². The fraction of sp³-hybridized carbons (Fsp3) is 0.385. The SMILES string of the molecule is CC[C@H](CC#N)NC(=O)Nc1ccc([S@@](=O)C(F)(F)F)cc1. The number of nitrogens with one attached hydrogen (secondary N) is 2. The van der Waals surface area contributed by atoms with Crippen molar-refractivity contribution in [1.82, 2.24) is 5.32 Å². The van der Waals surface area contributed by atoms with Gasteiger partial charge in [0.15, 0.2) is 10.8 Å². The third-order valence-corrected chi connectivity index (χ3v) is 3.82. The van der Waals surface area contributed by atoms with Crippen LogP contribution in [0, 0.1) is 11.3 Å². The number of hydrogen-bond acceptors (Lipinski definition) is 3. The van der Waals surface area contributed by atoms with Crippen molar-refractivity contribution in [2.75, 3.05) is 5.32 Å². The number of alkyl halides is 3. The summed E-state index contributed by atoms with van der Waals surface area (Å²) in [7, 11) is -3.10. The van der Waals surface area contributed by atoms with Gasteiger partial charge in [0.2, 0.25) is 0 Å². The number of carbonyl (C=O) groups excluding carboxylic acids is 1. The summed E-state index contributed by atoms with van der Waals surface area (Å²) in [6, 6.07) is 5.59. The van der Waals surface area contributed by atoms with E-state index in [9.17, 15) is 22.2 Å². The third-order valence-electron chi connectivity index (χ3n) is 2.70. The van der Waals surface area contributed by atoms with Gasteiger partial charge >= 0.3 is 11.5 Å². The molecule has 2 N–H and O–H groups in total. The summed E-state index contributed by atoms with van der Waals surface area (Å²) in [6.45, 7) is 1.81. The molecule has 0 aliphatic heterocycles. The number of amides is 2. The number of nitrogens with zero attached hydrogens (tertiary/aromatic N) is 1. The second-order valence-electron chi connectivity index (χ2n) is 4.30. The average Bonchev–Trinajstić information content (AvgIpc) is 2.45. The van der Waals surface area contributed by atoms with Crippen molar-refractivity contribution in [2.45, 2.75) is 36.2 Å². The van der Waals surface area contributed by atoms with Crippen LogP contribution in [0.2, 0.25) is 0 Å². The molecule has 0 spiro atoms. The lowest BCUT2D eigenvalue weighted by atomic mass is 10.2. The maximum atomic E-state index is 12.3. The van der Waals surface area contributed by atoms with Crippen LogP contribution in [0.15, 0.2) is 29.2 Å². The first-order valence-electron chi connectivity index (χ1n) is 6.31. The van der Waals surface area contributed by atoms with Crippen LogP contribution in [-0.2, 0) is 10.8 Å². The minimum atomic E-state index is -4.82. The molecule has 1 rings (SSSR count). The Bertz CT molecular complexity index is 582. The molecule has 5 nitrogen and oxygen atoms in total. The number of urea groups is 1. The second kappa shape index (κ2) is 7.79. The van der Waals surface area contributed by atoms with E-state index < -0.39 is 27.2 Å². The van der Waals surface area contributed by atoms with Gasteiger partial charge in [-0.05, 0) is 30.7 Å². The first-order valence-corrected chi connectivity index (χ1v) is 7.46. The molecule has 0 aromatic heterocycles. The average molecular weight is 333 g/mol. The zero-order valence-corrected chi connectivity index (χ0v) is 12.4. The number of carbonyl (C=O) groups is 1. The van der Waals surface area contributed by atoms with Crippen molar-refractivity contribution >= 4 is 22.5 Å². The monoisotopic (exact) mass is 333 g/mol. The minimum Gasteiger partial charge on any atom is -0.334 e. The maximum absolute atomic E-state index is 12.3. The Morgan fingerprint density at radius 3 is 2.41 bits per heavy atom. The van der Waals surface area contributed by atoms with Gasteiger partial charge in [0, 0.05) is 16.6 Å². The van der Waals surface area contributed by atoms with Crippen molar-refractivity contribution in [2.24, 2.45) is 0 Å². The normalized spacial score (nSPS) is 13.8. The quantitative estimate of drug-likeness (QED) is 0.868. The third kappa shape index (κ3) is 5.37. The molecule has 0 aliphatic carbocycles. The Kier molecular flexibility index (Phi) is 6.37. The predicted octanol–water partition coefficient (Wildman–Crippen LogP) is 3.13. The lowest BCUT2D eigenvalue weighted by Crippen LogP contribution is -2.37. The van der Waals surface area contributed by atoms with Gasteiger partial charge < -0.3 is 10.6 Å². The van der Waals surface area contributed by atoms with Crippen molar-refractivity contribution in [3.8, 4) is 6.07 Å². The number of nitriles is 1. The van der Waals surface area contributed by atoms with Crippen molar-refractivity contribution in [1.29, 1.82) is 5.26 Å². The molecule has 0 saturated heterocycles. The van der Waals surface area contributed by atoms with Gasteiger partial charge in [0.1, 0.15) is 0 Å². The highest BCUT2D eigenvalue weighted by atomic mass is 32.2. The molecule has 0 unspecified atom stereocenters. The molecular weight excluding hydrogens is 319 g/mol. The van der Waals surface area contributed by atoms with E-state index in [4.69, 9.17) is 5.26 Å². The molecular formula is C13H14F3N3O2S. The van der Waals surface area contributed by atoms with Crippen LogP contribution in [0.5, 0.6) is 0 Å². The van der Waals surface area contributed by atoms with Crippen molar-refractivity contribution in [3.63, 3.8) is 0 Å². The molecule has 22 heavy (non-hydrogen) atoms. The van der Waals surface area contributed by atoms with Gasteiger partial charge in [-0.2, -0.15) is 18.4 Å². The van der Waals surface area contributed by atoms with Gasteiger partial charge in [-0.3, -0.25) is 0 Å². The van der Waals surface area contributed by atoms with Crippen molar-refractivity contribution < 1.29 is 22.2 Å². The Hall–Kier alpha value is -2.08. The van der Waals surface area contributed by atoms with E-state index in [2.05, 4.69) is 10.6 Å². The lowest BCUT2D eigenvalue weighted by Gasteiger charge is -2.14. The van der Waals surface area contributed by atoms with E-state index in [0.29, 0.717) is 6.42 Å². The lowest BCUT2D eigenvalue weighted by molar-refractivity contribution is -0.0384. The van der Waals surface area contributed by atoms with Crippen LogP contribution >= 0.6 is 0 Å². The summed E-state index contributed by atoms with van der Waals surface area (Å²) in [4.78, 5) is 11.3. The smallest absolute Gasteiger partial charge is 0.334 e. The first kappa shape index (κ1) is 18.0. The Morgan fingerprint density at radius 1 is 1.36 bits per heavy atom. The molecule has 1 aromatic carbocycles. The van der Waals surface area contributed by atoms with E-state index >= 15 is 0 Å². The number of halogens is 3. The molecule has 0 radical (unpaired) electrons. The largest absolute Gasteiger partial charge is 0.475 e. The molecule has 0 saturated carbocycles. The topological polar surface area (TPSA) is 82.0 Å². The summed E-state index contributed by atoms with van der Waals surface area (Å²) in [6.07, 6.45) is 0.734. The molecule has 2 amide bonds. The summed E-state index contributed by atoms with van der Waals surface area (Å²) >= 11 is 0. The Balaban J connectivity index is 2.67. The molecule has 0 aliphatic rings. The number of anilines is 1. The molecule has 0 fully saturated rings. The van der Waals surface area contributed by atoms with E-state index in [-0.39, 0.29) is 18.2 Å². The van der Waals surface area contributed by atoms with Crippen LogP contribution in [0.25, 0.3) is 0 Å². The second-order valence-corrected chi connectivity index (χ2v) is 5.78. The molecule has 120 valence electrons. The summed E-state index contributed by atoms with van der Waals surface area (Å²) in [5.41, 5.74) is -4.56. The zero-order chi connectivity index (χ0) is 16.8. The fourth-order valence-corrected chi connectivity index (χ4v) is 2.21. The fourth-order valence-electron chi connectivity index (χ4n) is 1.56. The van der Waals surface area contributed by atoms with Crippen LogP contribution in [0.1, 0.15) is 19.8 Å². The van der Waals surface area contributed by atoms with E-state index in [0.717, 1.165) is 12.1 Å². The number of benzene rings is 1. The minimum absolute atomic E-state index is 0.160. The highest BCUT2D eigenvalue weighted by molar-refractivity contribution is 7.86. The maximum Gasteiger partial charge on any atom is 0.475 e. The standard InChI is InChI=1S/C13H14F3N3O2S/c1-2-9(7-8-17)18-12(20)19-10-3-5-11(6-4-10)22(21)13(14,15)16/h3-6,9H,2,7H2,1H3,(H2,18,19,20)/t9-,22-/m1/s1. The Labute approximate surface area is 128 Å². The molecule has 2 atom stereocenters. The molecule has 9 heteroatoms. The van der Waals surface area contributed by atoms with Gasteiger partial charge in [0.25, 0.3) is 0 Å². The number of rotatable bonds is 5. The van der Waals surface area contributed by atoms with Crippen LogP contribution in [-0.4, -0.2) is 21.8 Å². The number of hydrogen-bond donors (Lipinski definition) is 2. The van der Waals surface area contributed by atoms with Crippen LogP contribution < -0.4 is 10.6 Å². The first-order chi connectivity index (χ1) is 10.3. The molecule has 1 aromatic rings.